The van der Waals surface area contributed by atoms with Gasteiger partial charge in [-0.05, 0) is 77.9 Å². The van der Waals surface area contributed by atoms with Gasteiger partial charge in [0.05, 0.1) is 16.6 Å². The highest BCUT2D eigenvalue weighted by atomic mass is 35.5. The van der Waals surface area contributed by atoms with Crippen LogP contribution in [0.25, 0.3) is 22.2 Å². The first-order chi connectivity index (χ1) is 20.8. The summed E-state index contributed by atoms with van der Waals surface area (Å²) in [6, 6.07) is 26.3. The van der Waals surface area contributed by atoms with Crippen LogP contribution in [0.4, 0.5) is 0 Å². The van der Waals surface area contributed by atoms with E-state index in [-0.39, 0.29) is 17.5 Å². The van der Waals surface area contributed by atoms with Crippen LogP contribution in [-0.4, -0.2) is 38.3 Å². The van der Waals surface area contributed by atoms with Gasteiger partial charge in [0, 0.05) is 35.3 Å². The number of benzene rings is 4. The first-order valence-corrected chi connectivity index (χ1v) is 15.4. The molecule has 5 aromatic rings. The maximum atomic E-state index is 13.5. The van der Waals surface area contributed by atoms with Crippen LogP contribution in [-0.2, 0) is 19.4 Å². The van der Waals surface area contributed by atoms with Crippen molar-refractivity contribution in [2.75, 3.05) is 5.75 Å². The molecule has 6 nitrogen and oxygen atoms in total. The van der Waals surface area contributed by atoms with Crippen molar-refractivity contribution in [1.29, 1.82) is 0 Å². The predicted molar refractivity (Wildman–Crippen MR) is 177 cm³/mol. The lowest BCUT2D eigenvalue weighted by Gasteiger charge is -2.17. The second-order valence-electron chi connectivity index (χ2n) is 10.8. The van der Waals surface area contributed by atoms with Gasteiger partial charge >= 0.3 is 5.97 Å². The third-order valence-corrected chi connectivity index (χ3v) is 8.23. The number of hydrogen-bond donors (Lipinski definition) is 3. The van der Waals surface area contributed by atoms with Crippen LogP contribution in [0.15, 0.2) is 84.9 Å². The molecule has 4 aromatic carbocycles. The second-order valence-corrected chi connectivity index (χ2v) is 11.6. The molecule has 1 atom stereocenters. The highest BCUT2D eigenvalue weighted by Gasteiger charge is 2.19. The number of halogens is 1. The topological polar surface area (TPSA) is 84.2 Å². The molecule has 2 N–H and O–H groups in total. The molecule has 0 aliphatic heterocycles. The molecule has 1 aromatic heterocycles. The lowest BCUT2D eigenvalue weighted by atomic mass is 9.98. The van der Waals surface area contributed by atoms with Crippen LogP contribution < -0.4 is 5.32 Å². The molecule has 43 heavy (non-hydrogen) atoms. The minimum absolute atomic E-state index is 0.155. The fourth-order valence-electron chi connectivity index (χ4n) is 5.43. The Morgan fingerprint density at radius 2 is 1.77 bits per heavy atom. The quantitative estimate of drug-likeness (QED) is 0.134. The van der Waals surface area contributed by atoms with Gasteiger partial charge in [-0.3, -0.25) is 4.79 Å². The summed E-state index contributed by atoms with van der Waals surface area (Å²) in [7, 11) is 0. The maximum absolute atomic E-state index is 13.5. The number of carbonyl (C=O) groups is 2. The van der Waals surface area contributed by atoms with Crippen molar-refractivity contribution in [2.24, 2.45) is 0 Å². The Bertz CT molecular complexity index is 1780. The van der Waals surface area contributed by atoms with Crippen molar-refractivity contribution in [2.45, 2.75) is 45.7 Å². The molecule has 0 aliphatic carbocycles. The average Bonchev–Trinajstić information content (AvgIpc) is 3.34. The molecule has 0 aliphatic rings. The molecule has 5 rings (SSSR count). The zero-order chi connectivity index (χ0) is 30.5. The molecule has 220 valence electrons. The number of carboxylic acid groups (broad SMARTS) is 1. The lowest BCUT2D eigenvalue weighted by Crippen LogP contribution is -2.37. The van der Waals surface area contributed by atoms with Gasteiger partial charge in [-0.1, -0.05) is 73.1 Å². The summed E-state index contributed by atoms with van der Waals surface area (Å²) < 4.78 is 2.19. The van der Waals surface area contributed by atoms with Crippen molar-refractivity contribution in [3.8, 4) is 11.1 Å². The van der Waals surface area contributed by atoms with Crippen LogP contribution in [0.5, 0.6) is 0 Å². The van der Waals surface area contributed by atoms with Crippen molar-refractivity contribution in [1.82, 2.24) is 14.9 Å². The molecule has 8 heteroatoms. The minimum Gasteiger partial charge on any atom is -0.478 e. The fourth-order valence-corrected chi connectivity index (χ4v) is 5.87. The first-order valence-electron chi connectivity index (χ1n) is 14.3. The molecule has 0 unspecified atom stereocenters. The Balaban J connectivity index is 1.43. The molecular weight excluding hydrogens is 578 g/mol. The Kier molecular flexibility index (Phi) is 9.53. The number of hydrogen-bond acceptors (Lipinski definition) is 4. The summed E-state index contributed by atoms with van der Waals surface area (Å²) in [4.78, 5) is 30.2. The largest absolute Gasteiger partial charge is 0.478 e. The van der Waals surface area contributed by atoms with Crippen molar-refractivity contribution in [3.63, 3.8) is 0 Å². The molecule has 0 spiro atoms. The number of carboxylic acids is 1. The zero-order valence-corrected chi connectivity index (χ0v) is 25.8. The first kappa shape index (κ1) is 30.4. The third kappa shape index (κ3) is 6.95. The van der Waals surface area contributed by atoms with Gasteiger partial charge in [0.15, 0.2) is 0 Å². The van der Waals surface area contributed by atoms with E-state index >= 15 is 0 Å². The van der Waals surface area contributed by atoms with Gasteiger partial charge in [-0.25, -0.2) is 9.78 Å². The summed E-state index contributed by atoms with van der Waals surface area (Å²) >= 11 is 10.7. The molecule has 0 saturated carbocycles. The fraction of sp³-hybridized carbons (Fsp3) is 0.229. The molecule has 0 fully saturated rings. The highest BCUT2D eigenvalue weighted by Crippen LogP contribution is 2.27. The second kappa shape index (κ2) is 13.5. The van der Waals surface area contributed by atoms with Crippen LogP contribution >= 0.6 is 24.2 Å². The maximum Gasteiger partial charge on any atom is 0.336 e. The van der Waals surface area contributed by atoms with Crippen LogP contribution in [0.3, 0.4) is 0 Å². The Labute approximate surface area is 262 Å². The number of aromatic carboxylic acids is 1. The van der Waals surface area contributed by atoms with E-state index in [0.29, 0.717) is 34.9 Å². The number of rotatable bonds is 11. The van der Waals surface area contributed by atoms with Crippen LogP contribution in [0.2, 0.25) is 5.02 Å². The average molecular weight is 612 g/mol. The van der Waals surface area contributed by atoms with Gasteiger partial charge in [0.2, 0.25) is 0 Å². The predicted octanol–water partition coefficient (Wildman–Crippen LogP) is 7.64. The summed E-state index contributed by atoms with van der Waals surface area (Å²) in [5, 5.41) is 13.4. The van der Waals surface area contributed by atoms with Gasteiger partial charge in [-0.2, -0.15) is 12.6 Å². The molecule has 0 saturated heterocycles. The van der Waals surface area contributed by atoms with E-state index in [1.807, 2.05) is 79.7 Å². The number of aryl methyl sites for hydroxylation is 2. The zero-order valence-electron chi connectivity index (χ0n) is 24.2. The van der Waals surface area contributed by atoms with E-state index in [0.717, 1.165) is 52.0 Å². The van der Waals surface area contributed by atoms with E-state index in [4.69, 9.17) is 16.6 Å². The highest BCUT2D eigenvalue weighted by molar-refractivity contribution is 7.80. The molecule has 0 bridgehead atoms. The molecule has 0 radical (unpaired) electrons. The SMILES string of the molecule is CCCc1nc2c(C)cc(C(=O)N[C@@H](CS)Cc3cccc(Cl)c3)cc2n1Cc1ccc(-c2ccccc2C(=O)O)cc1. The van der Waals surface area contributed by atoms with E-state index in [2.05, 4.69) is 29.4 Å². The summed E-state index contributed by atoms with van der Waals surface area (Å²) in [6.45, 7) is 4.69. The smallest absolute Gasteiger partial charge is 0.336 e. The van der Waals surface area contributed by atoms with E-state index in [9.17, 15) is 14.7 Å². The summed E-state index contributed by atoms with van der Waals surface area (Å²) in [5.41, 5.74) is 7.21. The lowest BCUT2D eigenvalue weighted by molar-refractivity contribution is 0.0697. The normalized spacial score (nSPS) is 11.9. The molecular formula is C35H34ClN3O3S. The number of nitrogens with zero attached hydrogens (tertiary/aromatic N) is 2. The number of nitrogens with one attached hydrogen (secondary N) is 1. The van der Waals surface area contributed by atoms with Crippen LogP contribution in [0.1, 0.15) is 56.6 Å². The third-order valence-electron chi connectivity index (χ3n) is 7.55. The number of carbonyl (C=O) groups excluding carboxylic acids is 1. The van der Waals surface area contributed by atoms with E-state index in [1.165, 1.54) is 0 Å². The summed E-state index contributed by atoms with van der Waals surface area (Å²) in [5.74, 6) is 0.351. The molecule has 1 amide bonds. The Morgan fingerprint density at radius 1 is 1.00 bits per heavy atom. The number of imidazole rings is 1. The van der Waals surface area contributed by atoms with Crippen molar-refractivity contribution in [3.05, 3.63) is 124 Å². The van der Waals surface area contributed by atoms with E-state index in [1.54, 1.807) is 12.1 Å². The number of aromatic nitrogens is 2. The summed E-state index contributed by atoms with van der Waals surface area (Å²) in [6.07, 6.45) is 2.37. The van der Waals surface area contributed by atoms with Crippen LogP contribution in [0, 0.1) is 6.92 Å². The Morgan fingerprint density at radius 3 is 2.47 bits per heavy atom. The molecule has 1 heterocycles. The van der Waals surface area contributed by atoms with Gasteiger partial charge in [0.25, 0.3) is 5.91 Å². The Hall–Kier alpha value is -4.07. The van der Waals surface area contributed by atoms with E-state index < -0.39 is 5.97 Å². The number of thiol groups is 1. The number of fused-ring (bicyclic) bond motifs is 1. The van der Waals surface area contributed by atoms with Gasteiger partial charge in [0.1, 0.15) is 5.82 Å². The standard InChI is InChI=1S/C35H34ClN3O3S/c1-3-7-32-38-33-22(2)16-26(34(40)37-28(21-43)18-24-8-6-9-27(36)17-24)19-31(33)39(32)20-23-12-14-25(15-13-23)29-10-4-5-11-30(29)35(41)42/h4-6,8-17,19,28,43H,3,7,18,20-21H2,1-2H3,(H,37,40)(H,41,42)/t28-/m1/s1. The van der Waals surface area contributed by atoms with Gasteiger partial charge < -0.3 is 15.0 Å². The van der Waals surface area contributed by atoms with Crippen molar-refractivity contribution >= 4 is 47.1 Å². The number of amides is 1. The monoisotopic (exact) mass is 611 g/mol. The van der Waals surface area contributed by atoms with Crippen molar-refractivity contribution < 1.29 is 14.7 Å². The van der Waals surface area contributed by atoms with Gasteiger partial charge in [-0.15, -0.1) is 0 Å². The minimum atomic E-state index is -0.950.